The molecule has 3 rings (SSSR count). The quantitative estimate of drug-likeness (QED) is 0.822. The summed E-state index contributed by atoms with van der Waals surface area (Å²) in [6.45, 7) is 9.54. The molecule has 1 N–H and O–H groups in total. The Morgan fingerprint density at radius 3 is 2.29 bits per heavy atom. The summed E-state index contributed by atoms with van der Waals surface area (Å²) in [5.74, 6) is -0.542. The summed E-state index contributed by atoms with van der Waals surface area (Å²) in [5.41, 5.74) is 0.427. The van der Waals surface area contributed by atoms with Crippen molar-refractivity contribution in [2.24, 2.45) is 5.41 Å². The Balaban J connectivity index is 2.29. The van der Waals surface area contributed by atoms with E-state index in [2.05, 4.69) is 5.32 Å². The summed E-state index contributed by atoms with van der Waals surface area (Å²) in [7, 11) is 0. The summed E-state index contributed by atoms with van der Waals surface area (Å²) in [6.07, 6.45) is 0.937. The number of carbonyl (C=O) groups excluding carboxylic acids is 2. The van der Waals surface area contributed by atoms with Crippen LogP contribution in [0.4, 0.5) is 0 Å². The molecule has 0 atom stereocenters. The van der Waals surface area contributed by atoms with Crippen molar-refractivity contribution in [1.29, 1.82) is 0 Å². The lowest BCUT2D eigenvalue weighted by Crippen LogP contribution is -2.44. The Bertz CT molecular complexity index is 1010. The van der Waals surface area contributed by atoms with Gasteiger partial charge in [0.1, 0.15) is 5.56 Å². The average molecular weight is 401 g/mol. The molecule has 0 spiro atoms. The zero-order chi connectivity index (χ0) is 20.9. The van der Waals surface area contributed by atoms with Crippen molar-refractivity contribution < 1.29 is 9.59 Å². The largest absolute Gasteiger partial charge is 0.347 e. The average Bonchev–Trinajstić information content (AvgIpc) is 2.53. The third kappa shape index (κ3) is 4.04. The van der Waals surface area contributed by atoms with E-state index in [9.17, 15) is 14.4 Å². The Labute approximate surface area is 169 Å². The number of carbonyl (C=O) groups is 2. The molecule has 0 aliphatic heterocycles. The van der Waals surface area contributed by atoms with Crippen LogP contribution in [-0.4, -0.2) is 21.8 Å². The van der Waals surface area contributed by atoms with E-state index in [0.717, 1.165) is 0 Å². The first-order valence-corrected chi connectivity index (χ1v) is 9.66. The zero-order valence-corrected chi connectivity index (χ0v) is 17.6. The molecule has 1 amide bonds. The maximum Gasteiger partial charge on any atom is 0.268 e. The molecule has 1 aromatic carbocycles. The predicted molar refractivity (Wildman–Crippen MR) is 111 cm³/mol. The highest BCUT2D eigenvalue weighted by atomic mass is 35.5. The van der Waals surface area contributed by atoms with Gasteiger partial charge >= 0.3 is 0 Å². The molecule has 148 valence electrons. The summed E-state index contributed by atoms with van der Waals surface area (Å²) in [4.78, 5) is 39.0. The lowest BCUT2D eigenvalue weighted by molar-refractivity contribution is 0.0908. The Kier molecular flexibility index (Phi) is 5.00. The number of Topliss-reactive ketones (excluding diaryl/α,β-unsaturated/α-hetero) is 1. The third-order valence-electron chi connectivity index (χ3n) is 4.71. The van der Waals surface area contributed by atoms with E-state index >= 15 is 0 Å². The molecule has 0 fully saturated rings. The fraction of sp³-hybridized carbons (Fsp3) is 0.409. The molecule has 1 heterocycles. The molecule has 28 heavy (non-hydrogen) atoms. The number of hydrogen-bond donors (Lipinski definition) is 1. The van der Waals surface area contributed by atoms with Gasteiger partial charge in [-0.15, -0.1) is 0 Å². The minimum Gasteiger partial charge on any atom is -0.347 e. The highest BCUT2D eigenvalue weighted by Gasteiger charge is 2.35. The first-order chi connectivity index (χ1) is 12.9. The summed E-state index contributed by atoms with van der Waals surface area (Å²) in [6, 6.07) is 8.28. The molecule has 5 nitrogen and oxygen atoms in total. The van der Waals surface area contributed by atoms with Gasteiger partial charge in [0, 0.05) is 33.9 Å². The summed E-state index contributed by atoms with van der Waals surface area (Å²) in [5, 5.41) is 3.36. The number of nitrogens with one attached hydrogen (secondary N) is 1. The number of ketones is 1. The second-order valence-corrected chi connectivity index (χ2v) is 9.62. The molecule has 2 aromatic rings. The number of hydrogen-bond acceptors (Lipinski definition) is 3. The van der Waals surface area contributed by atoms with Crippen LogP contribution in [0.25, 0.3) is 5.69 Å². The fourth-order valence-electron chi connectivity index (χ4n) is 3.55. The van der Waals surface area contributed by atoms with Gasteiger partial charge in [-0.2, -0.15) is 0 Å². The second kappa shape index (κ2) is 6.89. The van der Waals surface area contributed by atoms with Gasteiger partial charge in [-0.1, -0.05) is 25.4 Å². The van der Waals surface area contributed by atoms with Gasteiger partial charge in [0.2, 0.25) is 0 Å². The molecule has 1 aromatic heterocycles. The van der Waals surface area contributed by atoms with Gasteiger partial charge in [-0.25, -0.2) is 0 Å². The highest BCUT2D eigenvalue weighted by Crippen LogP contribution is 2.35. The lowest BCUT2D eigenvalue weighted by Gasteiger charge is -2.32. The molecule has 0 saturated carbocycles. The molecule has 0 bridgehead atoms. The molecule has 0 saturated heterocycles. The second-order valence-electron chi connectivity index (χ2n) is 9.18. The number of halogens is 1. The Morgan fingerprint density at radius 2 is 1.71 bits per heavy atom. The minimum absolute atomic E-state index is 0.0309. The van der Waals surface area contributed by atoms with E-state index in [1.807, 2.05) is 34.6 Å². The molecule has 1 aliphatic carbocycles. The fourth-order valence-corrected chi connectivity index (χ4v) is 3.67. The van der Waals surface area contributed by atoms with E-state index in [-0.39, 0.29) is 16.8 Å². The lowest BCUT2D eigenvalue weighted by atomic mass is 9.75. The number of fused-ring (bicyclic) bond motifs is 1. The maximum atomic E-state index is 13.3. The normalized spacial score (nSPS) is 15.9. The number of amides is 1. The van der Waals surface area contributed by atoms with E-state index in [4.69, 9.17) is 11.6 Å². The van der Waals surface area contributed by atoms with E-state index in [0.29, 0.717) is 34.8 Å². The van der Waals surface area contributed by atoms with Crippen molar-refractivity contribution in [1.82, 2.24) is 9.88 Å². The van der Waals surface area contributed by atoms with Gasteiger partial charge in [-0.3, -0.25) is 19.0 Å². The topological polar surface area (TPSA) is 68.2 Å². The van der Waals surface area contributed by atoms with Gasteiger partial charge in [0.25, 0.3) is 11.5 Å². The molecule has 1 aliphatic rings. The van der Waals surface area contributed by atoms with Gasteiger partial charge in [0.15, 0.2) is 5.78 Å². The van der Waals surface area contributed by atoms with Crippen LogP contribution >= 0.6 is 11.6 Å². The standard InChI is InChI=1S/C22H25ClN2O3/c1-21(2,3)24-19(27)16-10-15-17(11-22(4,5)12-18(15)26)25(20(16)28)14-8-6-13(23)7-9-14/h6-10H,11-12H2,1-5H3,(H,24,27). The van der Waals surface area contributed by atoms with Crippen molar-refractivity contribution in [2.75, 3.05) is 0 Å². The van der Waals surface area contributed by atoms with E-state index < -0.39 is 17.0 Å². The van der Waals surface area contributed by atoms with Crippen LogP contribution < -0.4 is 10.9 Å². The van der Waals surface area contributed by atoms with E-state index in [1.54, 1.807) is 24.3 Å². The first-order valence-electron chi connectivity index (χ1n) is 9.29. The maximum absolute atomic E-state index is 13.3. The molecular weight excluding hydrogens is 376 g/mol. The first kappa shape index (κ1) is 20.3. The van der Waals surface area contributed by atoms with Crippen molar-refractivity contribution in [2.45, 2.75) is 53.0 Å². The number of benzene rings is 1. The van der Waals surface area contributed by atoms with E-state index in [1.165, 1.54) is 10.6 Å². The van der Waals surface area contributed by atoms with Crippen LogP contribution in [0.15, 0.2) is 35.1 Å². The van der Waals surface area contributed by atoms with Crippen LogP contribution in [-0.2, 0) is 6.42 Å². The SMILES string of the molecule is CC1(C)CC(=O)c2cc(C(=O)NC(C)(C)C)c(=O)n(-c3ccc(Cl)cc3)c2C1. The van der Waals surface area contributed by atoms with Crippen LogP contribution in [0.5, 0.6) is 0 Å². The molecule has 0 unspecified atom stereocenters. The van der Waals surface area contributed by atoms with Crippen LogP contribution in [0, 0.1) is 5.41 Å². The number of aromatic nitrogens is 1. The smallest absolute Gasteiger partial charge is 0.268 e. The van der Waals surface area contributed by atoms with Crippen LogP contribution in [0.2, 0.25) is 5.02 Å². The zero-order valence-electron chi connectivity index (χ0n) is 16.9. The van der Waals surface area contributed by atoms with Gasteiger partial charge in [-0.05, 0) is 62.9 Å². The highest BCUT2D eigenvalue weighted by molar-refractivity contribution is 6.30. The number of nitrogens with zero attached hydrogens (tertiary/aromatic N) is 1. The third-order valence-corrected chi connectivity index (χ3v) is 4.96. The van der Waals surface area contributed by atoms with Crippen molar-refractivity contribution in [3.05, 3.63) is 62.5 Å². The van der Waals surface area contributed by atoms with Crippen molar-refractivity contribution in [3.63, 3.8) is 0 Å². The molecular formula is C22H25ClN2O3. The van der Waals surface area contributed by atoms with Crippen LogP contribution in [0.1, 0.15) is 67.4 Å². The molecule has 0 radical (unpaired) electrons. The van der Waals surface area contributed by atoms with Crippen molar-refractivity contribution in [3.8, 4) is 5.69 Å². The molecule has 6 heteroatoms. The van der Waals surface area contributed by atoms with Crippen molar-refractivity contribution >= 4 is 23.3 Å². The summed E-state index contributed by atoms with van der Waals surface area (Å²) >= 11 is 6.00. The van der Waals surface area contributed by atoms with Gasteiger partial charge < -0.3 is 5.32 Å². The monoisotopic (exact) mass is 400 g/mol. The Morgan fingerprint density at radius 1 is 1.11 bits per heavy atom. The minimum atomic E-state index is -0.503. The number of rotatable bonds is 2. The predicted octanol–water partition coefficient (Wildman–Crippen LogP) is 4.17. The van der Waals surface area contributed by atoms with Gasteiger partial charge in [0.05, 0.1) is 0 Å². The number of pyridine rings is 1. The Hall–Kier alpha value is -2.40. The summed E-state index contributed by atoms with van der Waals surface area (Å²) < 4.78 is 1.49. The van der Waals surface area contributed by atoms with Crippen LogP contribution in [0.3, 0.4) is 0 Å².